The van der Waals surface area contributed by atoms with Gasteiger partial charge in [-0.3, -0.25) is 4.72 Å². The first-order valence-electron chi connectivity index (χ1n) is 9.20. The Morgan fingerprint density at radius 1 is 1.14 bits per heavy atom. The van der Waals surface area contributed by atoms with Crippen molar-refractivity contribution in [2.75, 3.05) is 31.0 Å². The van der Waals surface area contributed by atoms with Gasteiger partial charge in [-0.05, 0) is 31.5 Å². The summed E-state index contributed by atoms with van der Waals surface area (Å²) >= 11 is 1.57. The molecule has 0 amide bonds. The Kier molecular flexibility index (Phi) is 5.33. The van der Waals surface area contributed by atoms with Crippen LogP contribution < -0.4 is 9.62 Å². The third kappa shape index (κ3) is 3.88. The Hall–Kier alpha value is -2.07. The van der Waals surface area contributed by atoms with Gasteiger partial charge in [0, 0.05) is 4.88 Å². The molecule has 3 heterocycles. The molecule has 0 aliphatic carbocycles. The van der Waals surface area contributed by atoms with Crippen molar-refractivity contribution >= 4 is 37.4 Å². The number of ether oxygens (including phenoxy) is 1. The molecule has 28 heavy (non-hydrogen) atoms. The van der Waals surface area contributed by atoms with Crippen molar-refractivity contribution in [3.63, 3.8) is 0 Å². The molecule has 2 aromatic heterocycles. The molecule has 0 unspecified atom stereocenters. The van der Waals surface area contributed by atoms with Crippen molar-refractivity contribution < 1.29 is 18.1 Å². The summed E-state index contributed by atoms with van der Waals surface area (Å²) in [4.78, 5) is 12.8. The number of aryl methyl sites for hydroxylation is 2. The number of morpholine rings is 1. The Morgan fingerprint density at radius 2 is 1.86 bits per heavy atom. The number of anilines is 1. The van der Waals surface area contributed by atoms with E-state index in [4.69, 9.17) is 9.72 Å². The average molecular weight is 420 g/mol. The number of sulfonamides is 1. The van der Waals surface area contributed by atoms with E-state index in [0.29, 0.717) is 18.2 Å². The zero-order chi connectivity index (χ0) is 19.7. The Morgan fingerprint density at radius 3 is 2.57 bits per heavy atom. The van der Waals surface area contributed by atoms with E-state index in [0.717, 1.165) is 47.0 Å². The van der Waals surface area contributed by atoms with Gasteiger partial charge in [-0.15, -0.1) is 11.3 Å². The number of aromatic nitrogens is 2. The minimum Gasteiger partial charge on any atom is -0.370 e. The van der Waals surface area contributed by atoms with E-state index in [9.17, 15) is 8.42 Å². The number of benzene rings is 1. The van der Waals surface area contributed by atoms with E-state index in [1.165, 1.54) is 4.90 Å². The van der Waals surface area contributed by atoms with E-state index in [1.54, 1.807) is 41.7 Å². The predicted molar refractivity (Wildman–Crippen MR) is 109 cm³/mol. The first-order valence-corrected chi connectivity index (χ1v) is 11.5. The molecule has 1 fully saturated rings. The van der Waals surface area contributed by atoms with Crippen molar-refractivity contribution in [1.82, 2.24) is 9.97 Å². The second-order valence-electron chi connectivity index (χ2n) is 6.91. The molecule has 7 nitrogen and oxygen atoms in total. The first kappa shape index (κ1) is 19.3. The van der Waals surface area contributed by atoms with Crippen molar-refractivity contribution in [1.29, 1.82) is 0 Å². The van der Waals surface area contributed by atoms with Crippen LogP contribution in [0.15, 0.2) is 35.2 Å². The Bertz CT molecular complexity index is 1090. The van der Waals surface area contributed by atoms with Gasteiger partial charge in [-0.1, -0.05) is 18.2 Å². The number of hydrogen-bond acceptors (Lipinski definition) is 6. The van der Waals surface area contributed by atoms with E-state index in [1.807, 2.05) is 13.8 Å². The van der Waals surface area contributed by atoms with Crippen LogP contribution >= 0.6 is 11.3 Å². The van der Waals surface area contributed by atoms with Gasteiger partial charge in [-0.2, -0.15) is 0 Å². The number of hydrogen-bond donors (Lipinski definition) is 2. The fourth-order valence-electron chi connectivity index (χ4n) is 3.29. The molecule has 0 atom stereocenters. The zero-order valence-corrected chi connectivity index (χ0v) is 17.5. The predicted octanol–water partition coefficient (Wildman–Crippen LogP) is 1.52. The van der Waals surface area contributed by atoms with Crippen LogP contribution in [0.5, 0.6) is 0 Å². The van der Waals surface area contributed by atoms with E-state index in [-0.39, 0.29) is 4.90 Å². The number of quaternary nitrogens is 1. The maximum Gasteiger partial charge on any atom is 0.263 e. The molecule has 1 aromatic carbocycles. The molecule has 0 bridgehead atoms. The monoisotopic (exact) mass is 419 g/mol. The summed E-state index contributed by atoms with van der Waals surface area (Å²) in [5.41, 5.74) is 1.01. The van der Waals surface area contributed by atoms with Crippen LogP contribution in [0, 0.1) is 13.8 Å². The smallest absolute Gasteiger partial charge is 0.263 e. The SMILES string of the molecule is Cc1sc2nc(C[NH+]3CCOCC3)nc(NS(=O)(=O)c3ccccc3)c2c1C. The maximum absolute atomic E-state index is 12.9. The number of rotatable bonds is 5. The average Bonchev–Trinajstić information content (AvgIpc) is 2.97. The highest BCUT2D eigenvalue weighted by molar-refractivity contribution is 7.92. The number of fused-ring (bicyclic) bond motifs is 1. The highest BCUT2D eigenvalue weighted by Gasteiger charge is 2.22. The van der Waals surface area contributed by atoms with Crippen LogP contribution in [0.1, 0.15) is 16.3 Å². The van der Waals surface area contributed by atoms with Crippen LogP contribution in [-0.4, -0.2) is 44.7 Å². The molecule has 1 aliphatic heterocycles. The second kappa shape index (κ2) is 7.75. The summed E-state index contributed by atoms with van der Waals surface area (Å²) in [6.45, 7) is 7.89. The lowest BCUT2D eigenvalue weighted by atomic mass is 10.2. The van der Waals surface area contributed by atoms with Crippen LogP contribution in [0.2, 0.25) is 0 Å². The molecule has 1 saturated heterocycles. The summed E-state index contributed by atoms with van der Waals surface area (Å²) in [6, 6.07) is 8.35. The van der Waals surface area contributed by atoms with E-state index in [2.05, 4.69) is 9.71 Å². The van der Waals surface area contributed by atoms with Crippen LogP contribution in [0.25, 0.3) is 10.2 Å². The summed E-state index contributed by atoms with van der Waals surface area (Å²) in [5, 5.41) is 0.780. The van der Waals surface area contributed by atoms with Gasteiger partial charge in [0.25, 0.3) is 10.0 Å². The zero-order valence-electron chi connectivity index (χ0n) is 15.9. The topological polar surface area (TPSA) is 85.6 Å². The third-order valence-corrected chi connectivity index (χ3v) is 7.42. The van der Waals surface area contributed by atoms with E-state index >= 15 is 0 Å². The molecule has 148 valence electrons. The molecular formula is C19H23N4O3S2+. The fraction of sp³-hybridized carbons (Fsp3) is 0.368. The lowest BCUT2D eigenvalue weighted by Gasteiger charge is -2.23. The minimum atomic E-state index is -3.72. The summed E-state index contributed by atoms with van der Waals surface area (Å²) in [7, 11) is -3.72. The van der Waals surface area contributed by atoms with Gasteiger partial charge in [0.15, 0.2) is 11.6 Å². The minimum absolute atomic E-state index is 0.215. The molecule has 9 heteroatoms. The van der Waals surface area contributed by atoms with Crippen molar-refractivity contribution in [3.8, 4) is 0 Å². The third-order valence-electron chi connectivity index (χ3n) is 4.97. The summed E-state index contributed by atoms with van der Waals surface area (Å²) in [6.07, 6.45) is 0. The number of thiophene rings is 1. The molecule has 2 N–H and O–H groups in total. The van der Waals surface area contributed by atoms with Crippen molar-refractivity contribution in [2.24, 2.45) is 0 Å². The highest BCUT2D eigenvalue weighted by atomic mass is 32.2. The van der Waals surface area contributed by atoms with Crippen molar-refractivity contribution in [3.05, 3.63) is 46.6 Å². The molecule has 0 spiro atoms. The lowest BCUT2D eigenvalue weighted by Crippen LogP contribution is -3.12. The maximum atomic E-state index is 12.9. The van der Waals surface area contributed by atoms with Gasteiger partial charge in [-0.25, -0.2) is 18.4 Å². The quantitative estimate of drug-likeness (QED) is 0.655. The molecule has 3 aromatic rings. The van der Waals surface area contributed by atoms with Gasteiger partial charge in [0.1, 0.15) is 24.5 Å². The second-order valence-corrected chi connectivity index (χ2v) is 9.80. The molecule has 0 saturated carbocycles. The number of nitrogens with zero attached hydrogens (tertiary/aromatic N) is 2. The van der Waals surface area contributed by atoms with Gasteiger partial charge in [0.2, 0.25) is 0 Å². The van der Waals surface area contributed by atoms with Gasteiger partial charge in [0.05, 0.1) is 23.5 Å². The summed E-state index contributed by atoms with van der Waals surface area (Å²) < 4.78 is 33.9. The molecule has 0 radical (unpaired) electrons. The van der Waals surface area contributed by atoms with Crippen LogP contribution in [-0.2, 0) is 21.3 Å². The highest BCUT2D eigenvalue weighted by Crippen LogP contribution is 2.34. The normalized spacial score (nSPS) is 15.8. The van der Waals surface area contributed by atoms with Gasteiger partial charge >= 0.3 is 0 Å². The van der Waals surface area contributed by atoms with Gasteiger partial charge < -0.3 is 9.64 Å². The Balaban J connectivity index is 1.74. The molecular weight excluding hydrogens is 396 g/mol. The molecule has 1 aliphatic rings. The Labute approximate surface area is 168 Å². The standard InChI is InChI=1S/C19H22N4O3S2/c1-13-14(2)27-19-17(13)18(22-28(24,25)15-6-4-3-5-7-15)20-16(21-19)12-23-8-10-26-11-9-23/h3-7H,8-12H2,1-2H3,(H,20,21,22)/p+1. The van der Waals surface area contributed by atoms with Crippen LogP contribution in [0.3, 0.4) is 0 Å². The first-order chi connectivity index (χ1) is 13.4. The largest absolute Gasteiger partial charge is 0.370 e. The number of nitrogens with one attached hydrogen (secondary N) is 2. The van der Waals surface area contributed by atoms with Crippen molar-refractivity contribution in [2.45, 2.75) is 25.3 Å². The fourth-order valence-corrected chi connectivity index (χ4v) is 5.38. The van der Waals surface area contributed by atoms with Crippen LogP contribution in [0.4, 0.5) is 5.82 Å². The molecule has 4 rings (SSSR count). The lowest BCUT2D eigenvalue weighted by molar-refractivity contribution is -0.922. The summed E-state index contributed by atoms with van der Waals surface area (Å²) in [5.74, 6) is 1.01. The van der Waals surface area contributed by atoms with E-state index < -0.39 is 10.0 Å².